The molecular formula is C15H19N3O. The summed E-state index contributed by atoms with van der Waals surface area (Å²) in [7, 11) is 2.03. The number of carbonyl (C=O) groups excluding carboxylic acids is 1. The van der Waals surface area contributed by atoms with Crippen LogP contribution < -0.4 is 11.1 Å². The van der Waals surface area contributed by atoms with E-state index in [1.165, 1.54) is 10.9 Å². The molecule has 4 nitrogen and oxygen atoms in total. The topological polar surface area (TPSA) is 60.0 Å². The predicted molar refractivity (Wildman–Crippen MR) is 75.5 cm³/mol. The van der Waals surface area contributed by atoms with Gasteiger partial charge in [-0.3, -0.25) is 4.79 Å². The Kier molecular flexibility index (Phi) is 3.03. The smallest absolute Gasteiger partial charge is 0.223 e. The molecule has 0 spiro atoms. The van der Waals surface area contributed by atoms with Gasteiger partial charge in [0.25, 0.3) is 0 Å². The maximum absolute atomic E-state index is 11.9. The number of para-hydroxylation sites is 1. The lowest BCUT2D eigenvalue weighted by molar-refractivity contribution is -0.128. The summed E-state index contributed by atoms with van der Waals surface area (Å²) in [6.45, 7) is 0.589. The highest BCUT2D eigenvalue weighted by Gasteiger charge is 2.31. The van der Waals surface area contributed by atoms with Crippen molar-refractivity contribution in [2.75, 3.05) is 0 Å². The van der Waals surface area contributed by atoms with Crippen LogP contribution in [-0.4, -0.2) is 16.5 Å². The van der Waals surface area contributed by atoms with Gasteiger partial charge in [-0.25, -0.2) is 0 Å². The van der Waals surface area contributed by atoms with E-state index < -0.39 is 0 Å². The number of aryl methyl sites for hydroxylation is 1. The molecule has 1 heterocycles. The van der Waals surface area contributed by atoms with Gasteiger partial charge in [-0.2, -0.15) is 0 Å². The van der Waals surface area contributed by atoms with Gasteiger partial charge in [0.2, 0.25) is 5.91 Å². The lowest BCUT2D eigenvalue weighted by atomic mass is 9.80. The van der Waals surface area contributed by atoms with Gasteiger partial charge in [-0.1, -0.05) is 18.2 Å². The van der Waals surface area contributed by atoms with Gasteiger partial charge >= 0.3 is 0 Å². The van der Waals surface area contributed by atoms with Crippen LogP contribution in [0.5, 0.6) is 0 Å². The zero-order chi connectivity index (χ0) is 13.4. The molecule has 1 fully saturated rings. The van der Waals surface area contributed by atoms with Crippen molar-refractivity contribution in [1.29, 1.82) is 0 Å². The first-order chi connectivity index (χ1) is 9.15. The van der Waals surface area contributed by atoms with E-state index >= 15 is 0 Å². The molecule has 0 atom stereocenters. The third-order valence-corrected chi connectivity index (χ3v) is 3.98. The largest absolute Gasteiger partial charge is 0.352 e. The first kappa shape index (κ1) is 12.2. The van der Waals surface area contributed by atoms with Crippen LogP contribution in [-0.2, 0) is 18.4 Å². The summed E-state index contributed by atoms with van der Waals surface area (Å²) in [5.41, 5.74) is 8.06. The minimum atomic E-state index is 0.116. The maximum atomic E-state index is 11.9. The molecule has 0 aliphatic heterocycles. The van der Waals surface area contributed by atoms with Crippen LogP contribution in [0.4, 0.5) is 0 Å². The van der Waals surface area contributed by atoms with Gasteiger partial charge in [0.15, 0.2) is 0 Å². The molecule has 0 unspecified atom stereocenters. The molecule has 19 heavy (non-hydrogen) atoms. The van der Waals surface area contributed by atoms with Gasteiger partial charge in [0.05, 0.1) is 0 Å². The van der Waals surface area contributed by atoms with Gasteiger partial charge in [0.1, 0.15) is 0 Å². The molecule has 0 saturated heterocycles. The maximum Gasteiger partial charge on any atom is 0.223 e. The van der Waals surface area contributed by atoms with Crippen LogP contribution in [0, 0.1) is 5.92 Å². The molecule has 2 aromatic rings. The summed E-state index contributed by atoms with van der Waals surface area (Å²) in [4.78, 5) is 11.9. The lowest BCUT2D eigenvalue weighted by Gasteiger charge is -2.31. The molecule has 0 radical (unpaired) electrons. The molecule has 3 rings (SSSR count). The van der Waals surface area contributed by atoms with Crippen molar-refractivity contribution in [2.45, 2.75) is 25.4 Å². The molecule has 4 heteroatoms. The number of hydrogen-bond acceptors (Lipinski definition) is 2. The van der Waals surface area contributed by atoms with E-state index in [-0.39, 0.29) is 17.9 Å². The third kappa shape index (κ3) is 2.24. The number of carbonyl (C=O) groups is 1. The minimum Gasteiger partial charge on any atom is -0.352 e. The van der Waals surface area contributed by atoms with Crippen molar-refractivity contribution >= 4 is 16.8 Å². The van der Waals surface area contributed by atoms with E-state index in [0.29, 0.717) is 6.54 Å². The van der Waals surface area contributed by atoms with Crippen LogP contribution in [0.1, 0.15) is 18.4 Å². The van der Waals surface area contributed by atoms with Crippen LogP contribution in [0.3, 0.4) is 0 Å². The van der Waals surface area contributed by atoms with E-state index in [2.05, 4.69) is 28.2 Å². The number of rotatable bonds is 3. The molecule has 1 aliphatic carbocycles. The first-order valence-corrected chi connectivity index (χ1v) is 6.71. The predicted octanol–water partition coefficient (Wildman–Crippen LogP) is 1.53. The highest BCUT2D eigenvalue weighted by Crippen LogP contribution is 2.26. The van der Waals surface area contributed by atoms with Crippen LogP contribution in [0.2, 0.25) is 0 Å². The molecule has 1 saturated carbocycles. The van der Waals surface area contributed by atoms with Crippen molar-refractivity contribution in [3.05, 3.63) is 36.0 Å². The fourth-order valence-electron chi connectivity index (χ4n) is 2.77. The third-order valence-electron chi connectivity index (χ3n) is 3.98. The Bertz CT molecular complexity index is 611. The second-order valence-electron chi connectivity index (χ2n) is 5.43. The van der Waals surface area contributed by atoms with E-state index in [1.54, 1.807) is 0 Å². The Morgan fingerprint density at radius 3 is 2.89 bits per heavy atom. The number of benzene rings is 1. The fourth-order valence-corrected chi connectivity index (χ4v) is 2.77. The zero-order valence-electron chi connectivity index (χ0n) is 11.1. The number of nitrogens with two attached hydrogens (primary N) is 1. The summed E-state index contributed by atoms with van der Waals surface area (Å²) in [5.74, 6) is 0.250. The van der Waals surface area contributed by atoms with Gasteiger partial charge in [-0.05, 0) is 24.5 Å². The van der Waals surface area contributed by atoms with Crippen LogP contribution >= 0.6 is 0 Å². The molecule has 0 bridgehead atoms. The number of hydrogen-bond donors (Lipinski definition) is 2. The standard InChI is InChI=1S/C15H19N3O/c1-18-9-11(13-4-2-3-5-14(13)18)8-17-15(19)10-6-12(16)7-10/h2-5,9-10,12H,6-8,16H2,1H3,(H,17,19). The fraction of sp³-hybridized carbons (Fsp3) is 0.400. The van der Waals surface area contributed by atoms with Crippen molar-refractivity contribution in [3.8, 4) is 0 Å². The number of nitrogens with zero attached hydrogens (tertiary/aromatic N) is 1. The molecule has 1 aliphatic rings. The molecule has 1 amide bonds. The summed E-state index contributed by atoms with van der Waals surface area (Å²) >= 11 is 0. The SMILES string of the molecule is Cn1cc(CNC(=O)C2CC(N)C2)c2ccccc21. The average Bonchev–Trinajstić information content (AvgIpc) is 2.70. The van der Waals surface area contributed by atoms with Gasteiger partial charge in [0, 0.05) is 42.7 Å². The molecule has 3 N–H and O–H groups in total. The normalized spacial score (nSPS) is 22.2. The van der Waals surface area contributed by atoms with E-state index in [0.717, 1.165) is 18.4 Å². The Hall–Kier alpha value is -1.81. The highest BCUT2D eigenvalue weighted by molar-refractivity contribution is 5.85. The lowest BCUT2D eigenvalue weighted by Crippen LogP contribution is -2.44. The molecule has 1 aromatic carbocycles. The summed E-state index contributed by atoms with van der Waals surface area (Å²) in [6, 6.07) is 8.45. The Morgan fingerprint density at radius 1 is 1.42 bits per heavy atom. The first-order valence-electron chi connectivity index (χ1n) is 6.71. The Morgan fingerprint density at radius 2 is 2.16 bits per heavy atom. The Balaban J connectivity index is 1.70. The Labute approximate surface area is 112 Å². The van der Waals surface area contributed by atoms with E-state index in [1.807, 2.05) is 19.2 Å². The van der Waals surface area contributed by atoms with Crippen molar-refractivity contribution in [1.82, 2.24) is 9.88 Å². The zero-order valence-corrected chi connectivity index (χ0v) is 11.1. The molecule has 100 valence electrons. The monoisotopic (exact) mass is 257 g/mol. The van der Waals surface area contributed by atoms with Gasteiger partial charge in [-0.15, -0.1) is 0 Å². The number of amides is 1. The summed E-state index contributed by atoms with van der Waals surface area (Å²) in [6.07, 6.45) is 3.72. The summed E-state index contributed by atoms with van der Waals surface area (Å²) in [5, 5.41) is 4.22. The average molecular weight is 257 g/mol. The molecular weight excluding hydrogens is 238 g/mol. The second-order valence-corrected chi connectivity index (χ2v) is 5.43. The van der Waals surface area contributed by atoms with E-state index in [9.17, 15) is 4.79 Å². The number of aromatic nitrogens is 1. The van der Waals surface area contributed by atoms with Crippen molar-refractivity contribution in [2.24, 2.45) is 18.7 Å². The molecule has 1 aromatic heterocycles. The number of nitrogens with one attached hydrogen (secondary N) is 1. The quantitative estimate of drug-likeness (QED) is 0.876. The van der Waals surface area contributed by atoms with Crippen LogP contribution in [0.15, 0.2) is 30.5 Å². The van der Waals surface area contributed by atoms with Crippen molar-refractivity contribution < 1.29 is 4.79 Å². The van der Waals surface area contributed by atoms with Crippen molar-refractivity contribution in [3.63, 3.8) is 0 Å². The van der Waals surface area contributed by atoms with E-state index in [4.69, 9.17) is 5.73 Å². The number of fused-ring (bicyclic) bond motifs is 1. The van der Waals surface area contributed by atoms with Crippen LogP contribution in [0.25, 0.3) is 10.9 Å². The summed E-state index contributed by atoms with van der Waals surface area (Å²) < 4.78 is 2.09. The minimum absolute atomic E-state index is 0.116. The van der Waals surface area contributed by atoms with Gasteiger partial charge < -0.3 is 15.6 Å². The second kappa shape index (κ2) is 4.70. The highest BCUT2D eigenvalue weighted by atomic mass is 16.1.